The molecule has 0 spiro atoms. The lowest BCUT2D eigenvalue weighted by Crippen LogP contribution is -2.30. The standard InChI is InChI=1S/C15H22N4/c1-10(2)11-5-6-13(15(11,3)4)19-9-18-12-7-16-8-17-14(12)19/h7-11,13H,5-6H2,1-4H3. The van der Waals surface area contributed by atoms with Gasteiger partial charge in [0.15, 0.2) is 5.65 Å². The normalized spacial score (nSPS) is 26.4. The van der Waals surface area contributed by atoms with Crippen LogP contribution in [0.4, 0.5) is 0 Å². The molecule has 2 aromatic rings. The lowest BCUT2D eigenvalue weighted by Gasteiger charge is -2.36. The molecule has 1 aliphatic rings. The van der Waals surface area contributed by atoms with Crippen LogP contribution >= 0.6 is 0 Å². The number of aromatic nitrogens is 4. The topological polar surface area (TPSA) is 43.6 Å². The smallest absolute Gasteiger partial charge is 0.163 e. The maximum Gasteiger partial charge on any atom is 0.163 e. The Labute approximate surface area is 114 Å². The number of hydrogen-bond acceptors (Lipinski definition) is 3. The van der Waals surface area contributed by atoms with Gasteiger partial charge in [-0.3, -0.25) is 0 Å². The van der Waals surface area contributed by atoms with Crippen LogP contribution in [0.25, 0.3) is 11.2 Å². The van der Waals surface area contributed by atoms with E-state index in [4.69, 9.17) is 0 Å². The minimum Gasteiger partial charge on any atom is -0.312 e. The molecule has 3 rings (SSSR count). The van der Waals surface area contributed by atoms with E-state index in [2.05, 4.69) is 47.2 Å². The van der Waals surface area contributed by atoms with Gasteiger partial charge in [-0.25, -0.2) is 15.0 Å². The first-order valence-corrected chi connectivity index (χ1v) is 7.14. The predicted octanol–water partition coefficient (Wildman–Crippen LogP) is 3.46. The zero-order valence-corrected chi connectivity index (χ0v) is 12.2. The molecule has 2 atom stereocenters. The van der Waals surface area contributed by atoms with Gasteiger partial charge in [0, 0.05) is 6.04 Å². The van der Waals surface area contributed by atoms with E-state index in [0.717, 1.165) is 23.0 Å². The van der Waals surface area contributed by atoms with Crippen LogP contribution in [-0.4, -0.2) is 19.5 Å². The van der Waals surface area contributed by atoms with Crippen LogP contribution in [0.5, 0.6) is 0 Å². The van der Waals surface area contributed by atoms with Crippen molar-refractivity contribution >= 4 is 11.2 Å². The first kappa shape index (κ1) is 12.6. The molecule has 0 radical (unpaired) electrons. The lowest BCUT2D eigenvalue weighted by atomic mass is 9.73. The first-order valence-electron chi connectivity index (χ1n) is 7.14. The number of fused-ring (bicyclic) bond motifs is 1. The van der Waals surface area contributed by atoms with E-state index in [1.54, 1.807) is 12.5 Å². The molecular weight excluding hydrogens is 236 g/mol. The molecule has 1 fully saturated rings. The number of imidazole rings is 1. The summed E-state index contributed by atoms with van der Waals surface area (Å²) >= 11 is 0. The predicted molar refractivity (Wildman–Crippen MR) is 75.7 cm³/mol. The fourth-order valence-electron chi connectivity index (χ4n) is 4.03. The Morgan fingerprint density at radius 2 is 2.05 bits per heavy atom. The summed E-state index contributed by atoms with van der Waals surface area (Å²) in [5.41, 5.74) is 2.15. The van der Waals surface area contributed by atoms with Gasteiger partial charge in [-0.05, 0) is 30.1 Å². The van der Waals surface area contributed by atoms with Crippen molar-refractivity contribution in [2.75, 3.05) is 0 Å². The Balaban J connectivity index is 2.03. The molecule has 0 bridgehead atoms. The SMILES string of the molecule is CC(C)C1CCC(n2cnc3cncnc32)C1(C)C. The molecule has 102 valence electrons. The lowest BCUT2D eigenvalue weighted by molar-refractivity contribution is 0.150. The van der Waals surface area contributed by atoms with Crippen LogP contribution in [0.3, 0.4) is 0 Å². The maximum absolute atomic E-state index is 4.44. The molecular formula is C15H22N4. The van der Waals surface area contributed by atoms with Crippen LogP contribution < -0.4 is 0 Å². The van der Waals surface area contributed by atoms with Crippen molar-refractivity contribution in [3.8, 4) is 0 Å². The van der Waals surface area contributed by atoms with E-state index >= 15 is 0 Å². The van der Waals surface area contributed by atoms with E-state index in [1.807, 2.05) is 6.33 Å². The van der Waals surface area contributed by atoms with Gasteiger partial charge in [0.25, 0.3) is 0 Å². The highest BCUT2D eigenvalue weighted by molar-refractivity contribution is 5.69. The molecule has 0 aromatic carbocycles. The summed E-state index contributed by atoms with van der Waals surface area (Å²) in [5, 5.41) is 0. The van der Waals surface area contributed by atoms with Crippen molar-refractivity contribution in [1.29, 1.82) is 0 Å². The van der Waals surface area contributed by atoms with Crippen molar-refractivity contribution in [3.63, 3.8) is 0 Å². The zero-order chi connectivity index (χ0) is 13.6. The Bertz CT molecular complexity index is 585. The molecule has 0 saturated heterocycles. The average Bonchev–Trinajstić information content (AvgIpc) is 2.89. The molecule has 0 amide bonds. The first-order chi connectivity index (χ1) is 9.01. The van der Waals surface area contributed by atoms with Gasteiger partial charge in [-0.1, -0.05) is 27.7 Å². The van der Waals surface area contributed by atoms with Crippen LogP contribution in [0.2, 0.25) is 0 Å². The van der Waals surface area contributed by atoms with Gasteiger partial charge >= 0.3 is 0 Å². The third kappa shape index (κ3) is 1.85. The van der Waals surface area contributed by atoms with Gasteiger partial charge in [-0.2, -0.15) is 0 Å². The second-order valence-corrected chi connectivity index (χ2v) is 6.65. The zero-order valence-electron chi connectivity index (χ0n) is 12.2. The monoisotopic (exact) mass is 258 g/mol. The van der Waals surface area contributed by atoms with Crippen molar-refractivity contribution in [2.24, 2.45) is 17.3 Å². The van der Waals surface area contributed by atoms with Crippen LogP contribution in [0, 0.1) is 17.3 Å². The second-order valence-electron chi connectivity index (χ2n) is 6.65. The number of nitrogens with zero attached hydrogens (tertiary/aromatic N) is 4. The van der Waals surface area contributed by atoms with E-state index in [9.17, 15) is 0 Å². The quantitative estimate of drug-likeness (QED) is 0.828. The molecule has 2 aromatic heterocycles. The molecule has 0 aliphatic heterocycles. The highest BCUT2D eigenvalue weighted by atomic mass is 15.1. The average molecular weight is 258 g/mol. The summed E-state index contributed by atoms with van der Waals surface area (Å²) in [6.45, 7) is 9.46. The van der Waals surface area contributed by atoms with Gasteiger partial charge in [0.1, 0.15) is 11.8 Å². The summed E-state index contributed by atoms with van der Waals surface area (Å²) in [7, 11) is 0. The van der Waals surface area contributed by atoms with Crippen molar-refractivity contribution < 1.29 is 0 Å². The van der Waals surface area contributed by atoms with E-state index in [-0.39, 0.29) is 5.41 Å². The largest absolute Gasteiger partial charge is 0.312 e. The number of hydrogen-bond donors (Lipinski definition) is 0. The number of rotatable bonds is 2. The summed E-state index contributed by atoms with van der Waals surface area (Å²) in [6, 6.07) is 0.486. The van der Waals surface area contributed by atoms with Crippen molar-refractivity contribution in [1.82, 2.24) is 19.5 Å². The summed E-state index contributed by atoms with van der Waals surface area (Å²) in [5.74, 6) is 1.49. The summed E-state index contributed by atoms with van der Waals surface area (Å²) in [4.78, 5) is 12.9. The molecule has 0 N–H and O–H groups in total. The molecule has 2 unspecified atom stereocenters. The molecule has 4 heteroatoms. The Kier molecular flexibility index (Phi) is 2.84. The molecule has 1 aliphatic carbocycles. The summed E-state index contributed by atoms with van der Waals surface area (Å²) < 4.78 is 2.26. The third-order valence-corrected chi connectivity index (χ3v) is 4.94. The van der Waals surface area contributed by atoms with Gasteiger partial charge in [0.05, 0.1) is 12.5 Å². The van der Waals surface area contributed by atoms with Crippen LogP contribution in [-0.2, 0) is 0 Å². The fourth-order valence-corrected chi connectivity index (χ4v) is 4.03. The Morgan fingerprint density at radius 1 is 1.26 bits per heavy atom. The fraction of sp³-hybridized carbons (Fsp3) is 0.667. The maximum atomic E-state index is 4.44. The highest BCUT2D eigenvalue weighted by Crippen LogP contribution is 2.53. The van der Waals surface area contributed by atoms with Crippen LogP contribution in [0.15, 0.2) is 18.9 Å². The van der Waals surface area contributed by atoms with Gasteiger partial charge < -0.3 is 4.57 Å². The molecule has 4 nitrogen and oxygen atoms in total. The molecule has 2 heterocycles. The van der Waals surface area contributed by atoms with Crippen molar-refractivity contribution in [2.45, 2.75) is 46.6 Å². The van der Waals surface area contributed by atoms with Crippen molar-refractivity contribution in [3.05, 3.63) is 18.9 Å². The van der Waals surface area contributed by atoms with E-state index < -0.39 is 0 Å². The molecule has 19 heavy (non-hydrogen) atoms. The van der Waals surface area contributed by atoms with Gasteiger partial charge in [0.2, 0.25) is 0 Å². The Hall–Kier alpha value is -1.45. The minimum atomic E-state index is 0.284. The minimum absolute atomic E-state index is 0.284. The summed E-state index contributed by atoms with van der Waals surface area (Å²) in [6.07, 6.45) is 7.85. The highest BCUT2D eigenvalue weighted by Gasteiger charge is 2.45. The van der Waals surface area contributed by atoms with E-state index in [0.29, 0.717) is 6.04 Å². The Morgan fingerprint density at radius 3 is 2.74 bits per heavy atom. The van der Waals surface area contributed by atoms with Crippen LogP contribution in [0.1, 0.15) is 46.6 Å². The molecule has 1 saturated carbocycles. The van der Waals surface area contributed by atoms with Gasteiger partial charge in [-0.15, -0.1) is 0 Å². The van der Waals surface area contributed by atoms with E-state index in [1.165, 1.54) is 12.8 Å². The second kappa shape index (κ2) is 4.29. The third-order valence-electron chi connectivity index (χ3n) is 4.94.